The van der Waals surface area contributed by atoms with E-state index in [0.717, 1.165) is 0 Å². The van der Waals surface area contributed by atoms with Gasteiger partial charge in [0.15, 0.2) is 0 Å². The molecule has 0 aliphatic rings. The van der Waals surface area contributed by atoms with E-state index in [4.69, 9.17) is 9.15 Å². The molecule has 0 bridgehead atoms. The third-order valence-electron chi connectivity index (χ3n) is 1.88. The van der Waals surface area contributed by atoms with Crippen molar-refractivity contribution < 1.29 is 14.3 Å². The lowest BCUT2D eigenvalue weighted by Crippen LogP contribution is -2.08. The van der Waals surface area contributed by atoms with Gasteiger partial charge in [0, 0.05) is 18.9 Å². The second-order valence-corrected chi connectivity index (χ2v) is 3.18. The highest BCUT2D eigenvalue weighted by Gasteiger charge is 2.06. The van der Waals surface area contributed by atoms with Crippen LogP contribution in [0.25, 0.3) is 0 Å². The summed E-state index contributed by atoms with van der Waals surface area (Å²) in [5, 5.41) is 9.49. The second-order valence-electron chi connectivity index (χ2n) is 3.18. The van der Waals surface area contributed by atoms with Gasteiger partial charge < -0.3 is 14.3 Å². The first-order chi connectivity index (χ1) is 7.65. The van der Waals surface area contributed by atoms with E-state index in [1.54, 1.807) is 6.92 Å². The standard InChI is InChI=1S/C11H15NO4/c1-3-15-5-4-12-7-9-10(13)6-8(2)16-11(9)14/h6-7,13H,3-5H2,1-2H3. The van der Waals surface area contributed by atoms with Crippen LogP contribution in [-0.4, -0.2) is 31.1 Å². The van der Waals surface area contributed by atoms with E-state index in [2.05, 4.69) is 4.99 Å². The van der Waals surface area contributed by atoms with E-state index in [9.17, 15) is 9.90 Å². The molecule has 0 aliphatic carbocycles. The first-order valence-electron chi connectivity index (χ1n) is 5.06. The van der Waals surface area contributed by atoms with Gasteiger partial charge in [0.05, 0.1) is 13.2 Å². The molecule has 16 heavy (non-hydrogen) atoms. The lowest BCUT2D eigenvalue weighted by atomic mass is 10.2. The molecule has 0 radical (unpaired) electrons. The van der Waals surface area contributed by atoms with Crippen molar-refractivity contribution in [3.8, 4) is 5.75 Å². The minimum Gasteiger partial charge on any atom is -0.507 e. The molecule has 5 nitrogen and oxygen atoms in total. The average Bonchev–Trinajstić information content (AvgIpc) is 2.20. The number of nitrogens with zero attached hydrogens (tertiary/aromatic N) is 1. The van der Waals surface area contributed by atoms with Crippen LogP contribution in [0, 0.1) is 6.92 Å². The van der Waals surface area contributed by atoms with Gasteiger partial charge in [0.1, 0.15) is 17.1 Å². The van der Waals surface area contributed by atoms with Gasteiger partial charge in [0.25, 0.3) is 0 Å². The fraction of sp³-hybridized carbons (Fsp3) is 0.455. The first kappa shape index (κ1) is 12.4. The SMILES string of the molecule is CCOCCN=Cc1c(O)cc(C)oc1=O. The van der Waals surface area contributed by atoms with E-state index < -0.39 is 5.63 Å². The molecule has 0 fully saturated rings. The van der Waals surface area contributed by atoms with Crippen molar-refractivity contribution in [1.82, 2.24) is 0 Å². The maximum atomic E-state index is 11.3. The van der Waals surface area contributed by atoms with Crippen molar-refractivity contribution in [2.24, 2.45) is 4.99 Å². The maximum Gasteiger partial charge on any atom is 0.348 e. The van der Waals surface area contributed by atoms with Gasteiger partial charge in [-0.25, -0.2) is 4.79 Å². The van der Waals surface area contributed by atoms with Crippen LogP contribution in [0.3, 0.4) is 0 Å². The van der Waals surface area contributed by atoms with Crippen LogP contribution in [0.2, 0.25) is 0 Å². The van der Waals surface area contributed by atoms with Crippen LogP contribution < -0.4 is 5.63 Å². The lowest BCUT2D eigenvalue weighted by Gasteiger charge is -1.98. The fourth-order valence-corrected chi connectivity index (χ4v) is 1.14. The van der Waals surface area contributed by atoms with Crippen LogP contribution in [-0.2, 0) is 4.74 Å². The summed E-state index contributed by atoms with van der Waals surface area (Å²) in [6.07, 6.45) is 1.31. The summed E-state index contributed by atoms with van der Waals surface area (Å²) in [6, 6.07) is 1.38. The normalized spacial score (nSPS) is 11.1. The lowest BCUT2D eigenvalue weighted by molar-refractivity contribution is 0.156. The number of hydrogen-bond donors (Lipinski definition) is 1. The Kier molecular flexibility index (Phi) is 4.72. The zero-order valence-corrected chi connectivity index (χ0v) is 9.40. The van der Waals surface area contributed by atoms with Crippen LogP contribution in [0.15, 0.2) is 20.3 Å². The topological polar surface area (TPSA) is 72.0 Å². The monoisotopic (exact) mass is 225 g/mol. The molecule has 0 atom stereocenters. The van der Waals surface area contributed by atoms with Crippen LogP contribution >= 0.6 is 0 Å². The van der Waals surface area contributed by atoms with Crippen molar-refractivity contribution in [1.29, 1.82) is 0 Å². The van der Waals surface area contributed by atoms with Gasteiger partial charge in [-0.3, -0.25) is 4.99 Å². The largest absolute Gasteiger partial charge is 0.507 e. The molecule has 1 aromatic heterocycles. The minimum absolute atomic E-state index is 0.0714. The molecule has 0 aliphatic heterocycles. The van der Waals surface area contributed by atoms with Gasteiger partial charge in [-0.1, -0.05) is 0 Å². The summed E-state index contributed by atoms with van der Waals surface area (Å²) in [5.41, 5.74) is -0.514. The molecule has 0 saturated carbocycles. The summed E-state index contributed by atoms with van der Waals surface area (Å²) >= 11 is 0. The Balaban J connectivity index is 2.70. The first-order valence-corrected chi connectivity index (χ1v) is 5.06. The summed E-state index contributed by atoms with van der Waals surface area (Å²) in [5.74, 6) is 0.253. The Morgan fingerprint density at radius 1 is 1.62 bits per heavy atom. The molecule has 88 valence electrons. The zero-order chi connectivity index (χ0) is 12.0. The molecule has 0 unspecified atom stereocenters. The number of hydrogen-bond acceptors (Lipinski definition) is 5. The third-order valence-corrected chi connectivity index (χ3v) is 1.88. The molecule has 5 heteroatoms. The molecule has 1 rings (SSSR count). The number of ether oxygens (including phenoxy) is 1. The highest BCUT2D eigenvalue weighted by molar-refractivity contribution is 5.82. The van der Waals surface area contributed by atoms with Crippen molar-refractivity contribution in [3.05, 3.63) is 27.8 Å². The number of aryl methyl sites for hydroxylation is 1. The molecular weight excluding hydrogens is 210 g/mol. The van der Waals surface area contributed by atoms with E-state index >= 15 is 0 Å². The van der Waals surface area contributed by atoms with Crippen molar-refractivity contribution >= 4 is 6.21 Å². The Hall–Kier alpha value is -1.62. The number of aliphatic imine (C=N–C) groups is 1. The van der Waals surface area contributed by atoms with Crippen LogP contribution in [0.5, 0.6) is 5.75 Å². The molecule has 1 aromatic rings. The quantitative estimate of drug-likeness (QED) is 0.601. The van der Waals surface area contributed by atoms with Gasteiger partial charge in [-0.05, 0) is 13.8 Å². The smallest absolute Gasteiger partial charge is 0.348 e. The Labute approximate surface area is 93.4 Å². The molecular formula is C11H15NO4. The van der Waals surface area contributed by atoms with Gasteiger partial charge in [0.2, 0.25) is 0 Å². The van der Waals surface area contributed by atoms with Gasteiger partial charge in [-0.15, -0.1) is 0 Å². The van der Waals surface area contributed by atoms with E-state index in [-0.39, 0.29) is 11.3 Å². The van der Waals surface area contributed by atoms with Crippen LogP contribution in [0.1, 0.15) is 18.2 Å². The zero-order valence-electron chi connectivity index (χ0n) is 9.40. The predicted octanol–water partition coefficient (Wildman–Crippen LogP) is 1.11. The second kappa shape index (κ2) is 6.07. The molecule has 1 heterocycles. The molecule has 0 saturated heterocycles. The Morgan fingerprint density at radius 3 is 3.00 bits per heavy atom. The fourth-order valence-electron chi connectivity index (χ4n) is 1.14. The highest BCUT2D eigenvalue weighted by atomic mass is 16.5. The Bertz CT molecular complexity index is 422. The van der Waals surface area contributed by atoms with E-state index in [0.29, 0.717) is 25.5 Å². The van der Waals surface area contributed by atoms with Crippen molar-refractivity contribution in [2.45, 2.75) is 13.8 Å². The number of rotatable bonds is 5. The molecule has 0 spiro atoms. The minimum atomic E-state index is -0.586. The van der Waals surface area contributed by atoms with Gasteiger partial charge >= 0.3 is 5.63 Å². The number of aromatic hydroxyl groups is 1. The van der Waals surface area contributed by atoms with Crippen molar-refractivity contribution in [3.63, 3.8) is 0 Å². The highest BCUT2D eigenvalue weighted by Crippen LogP contribution is 2.11. The summed E-state index contributed by atoms with van der Waals surface area (Å²) in [6.45, 7) is 5.06. The maximum absolute atomic E-state index is 11.3. The summed E-state index contributed by atoms with van der Waals surface area (Å²) in [4.78, 5) is 15.3. The van der Waals surface area contributed by atoms with Gasteiger partial charge in [-0.2, -0.15) is 0 Å². The Morgan fingerprint density at radius 2 is 2.38 bits per heavy atom. The molecule has 0 amide bonds. The summed E-state index contributed by atoms with van der Waals surface area (Å²) in [7, 11) is 0. The molecule has 0 aromatic carbocycles. The van der Waals surface area contributed by atoms with E-state index in [1.807, 2.05) is 6.92 Å². The van der Waals surface area contributed by atoms with Crippen molar-refractivity contribution in [2.75, 3.05) is 19.8 Å². The molecule has 1 N–H and O–H groups in total. The third kappa shape index (κ3) is 3.51. The predicted molar refractivity (Wildman–Crippen MR) is 60.3 cm³/mol. The average molecular weight is 225 g/mol. The van der Waals surface area contributed by atoms with E-state index in [1.165, 1.54) is 12.3 Å². The summed E-state index contributed by atoms with van der Waals surface area (Å²) < 4.78 is 9.90. The van der Waals surface area contributed by atoms with Crippen LogP contribution in [0.4, 0.5) is 0 Å².